The van der Waals surface area contributed by atoms with Crippen LogP contribution >= 0.6 is 0 Å². The van der Waals surface area contributed by atoms with Gasteiger partial charge in [-0.25, -0.2) is 4.79 Å². The molecule has 0 amide bonds. The van der Waals surface area contributed by atoms with Gasteiger partial charge in [0.05, 0.1) is 11.9 Å². The number of carboxylic acids is 1. The van der Waals surface area contributed by atoms with Crippen LogP contribution in [0, 0.1) is 5.92 Å². The van der Waals surface area contributed by atoms with Crippen LogP contribution in [0.3, 0.4) is 0 Å². The third-order valence-corrected chi connectivity index (χ3v) is 4.22. The fourth-order valence-corrected chi connectivity index (χ4v) is 3.00. The number of rotatable bonds is 4. The largest absolute Gasteiger partial charge is 0.478 e. The lowest BCUT2D eigenvalue weighted by Gasteiger charge is -2.34. The molecule has 1 N–H and O–H groups in total. The van der Waals surface area contributed by atoms with Crippen LogP contribution in [-0.2, 0) is 13.6 Å². The van der Waals surface area contributed by atoms with E-state index >= 15 is 0 Å². The Labute approximate surface area is 114 Å². The number of carbonyl (C=O) groups is 1. The van der Waals surface area contributed by atoms with Gasteiger partial charge in [-0.2, -0.15) is 5.10 Å². The lowest BCUT2D eigenvalue weighted by molar-refractivity contribution is 0.0693. The minimum atomic E-state index is -0.895. The smallest absolute Gasteiger partial charge is 0.339 e. The standard InChI is InChI=1S/C14H23N3O2/c1-10-5-4-6-11(7-10)16(2)9-13-12(14(18)19)8-15-17(13)3/h8,10-11H,4-7,9H2,1-3H3,(H,18,19). The Bertz CT molecular complexity index is 456. The SMILES string of the molecule is CC1CCCC(N(C)Cc2c(C(=O)O)cnn2C)C1. The molecule has 1 aliphatic rings. The Balaban J connectivity index is 2.08. The first-order valence-corrected chi connectivity index (χ1v) is 6.93. The maximum Gasteiger partial charge on any atom is 0.339 e. The van der Waals surface area contributed by atoms with E-state index in [0.717, 1.165) is 11.6 Å². The normalized spacial score (nSPS) is 23.8. The molecule has 0 bridgehead atoms. The van der Waals surface area contributed by atoms with E-state index in [2.05, 4.69) is 24.0 Å². The summed E-state index contributed by atoms with van der Waals surface area (Å²) in [6.45, 7) is 2.95. The first-order chi connectivity index (χ1) is 8.99. The van der Waals surface area contributed by atoms with Crippen LogP contribution in [0.2, 0.25) is 0 Å². The van der Waals surface area contributed by atoms with Crippen molar-refractivity contribution < 1.29 is 9.90 Å². The van der Waals surface area contributed by atoms with Crippen LogP contribution < -0.4 is 0 Å². The summed E-state index contributed by atoms with van der Waals surface area (Å²) in [4.78, 5) is 13.4. The van der Waals surface area contributed by atoms with Crippen LogP contribution in [0.15, 0.2) is 6.20 Å². The van der Waals surface area contributed by atoms with E-state index in [4.69, 9.17) is 0 Å². The lowest BCUT2D eigenvalue weighted by Crippen LogP contribution is -2.36. The lowest BCUT2D eigenvalue weighted by atomic mass is 9.86. The quantitative estimate of drug-likeness (QED) is 0.906. The van der Waals surface area contributed by atoms with Crippen molar-refractivity contribution in [2.45, 2.75) is 45.2 Å². The number of aryl methyl sites for hydroxylation is 1. The third kappa shape index (κ3) is 3.15. The second-order valence-electron chi connectivity index (χ2n) is 5.77. The molecule has 2 atom stereocenters. The summed E-state index contributed by atoms with van der Waals surface area (Å²) < 4.78 is 1.67. The van der Waals surface area contributed by atoms with E-state index in [1.54, 1.807) is 11.7 Å². The zero-order chi connectivity index (χ0) is 14.0. The highest BCUT2D eigenvalue weighted by Gasteiger charge is 2.24. The molecule has 106 valence electrons. The fraction of sp³-hybridized carbons (Fsp3) is 0.714. The molecule has 0 radical (unpaired) electrons. The molecule has 0 saturated heterocycles. The molecule has 1 aromatic heterocycles. The molecule has 5 heteroatoms. The molecule has 5 nitrogen and oxygen atoms in total. The van der Waals surface area contributed by atoms with E-state index in [-0.39, 0.29) is 0 Å². The number of aromatic carboxylic acids is 1. The van der Waals surface area contributed by atoms with Gasteiger partial charge in [0, 0.05) is 19.6 Å². The maximum absolute atomic E-state index is 11.2. The Morgan fingerprint density at radius 1 is 1.58 bits per heavy atom. The van der Waals surface area contributed by atoms with Crippen molar-refractivity contribution in [1.82, 2.24) is 14.7 Å². The van der Waals surface area contributed by atoms with Gasteiger partial charge in [-0.15, -0.1) is 0 Å². The summed E-state index contributed by atoms with van der Waals surface area (Å²) in [6, 6.07) is 0.556. The Kier molecular flexibility index (Phi) is 4.24. The number of carboxylic acid groups (broad SMARTS) is 1. The van der Waals surface area contributed by atoms with Crippen LogP contribution in [-0.4, -0.2) is 38.8 Å². The van der Waals surface area contributed by atoms with Gasteiger partial charge in [0.1, 0.15) is 5.56 Å². The van der Waals surface area contributed by atoms with Gasteiger partial charge in [-0.1, -0.05) is 19.8 Å². The highest BCUT2D eigenvalue weighted by Crippen LogP contribution is 2.27. The second-order valence-corrected chi connectivity index (χ2v) is 5.77. The van der Waals surface area contributed by atoms with Crippen LogP contribution in [0.5, 0.6) is 0 Å². The molecule has 1 aromatic rings. The van der Waals surface area contributed by atoms with Gasteiger partial charge in [0.2, 0.25) is 0 Å². The molecule has 0 spiro atoms. The summed E-state index contributed by atoms with van der Waals surface area (Å²) in [5, 5.41) is 13.2. The van der Waals surface area contributed by atoms with Crippen molar-refractivity contribution in [1.29, 1.82) is 0 Å². The summed E-state index contributed by atoms with van der Waals surface area (Å²) in [5.74, 6) is -0.125. The van der Waals surface area contributed by atoms with Crippen LogP contribution in [0.1, 0.15) is 48.7 Å². The fourth-order valence-electron chi connectivity index (χ4n) is 3.00. The average molecular weight is 265 g/mol. The molecule has 1 heterocycles. The highest BCUT2D eigenvalue weighted by atomic mass is 16.4. The number of hydrogen-bond donors (Lipinski definition) is 1. The molecular formula is C14H23N3O2. The Morgan fingerprint density at radius 3 is 2.95 bits per heavy atom. The molecule has 2 unspecified atom stereocenters. The van der Waals surface area contributed by atoms with E-state index in [1.165, 1.54) is 31.9 Å². The topological polar surface area (TPSA) is 58.4 Å². The second kappa shape index (κ2) is 5.74. The zero-order valence-electron chi connectivity index (χ0n) is 12.0. The van der Waals surface area contributed by atoms with Gasteiger partial charge in [-0.05, 0) is 25.8 Å². The predicted molar refractivity (Wildman–Crippen MR) is 73.1 cm³/mol. The number of hydrogen-bond acceptors (Lipinski definition) is 3. The third-order valence-electron chi connectivity index (χ3n) is 4.22. The summed E-state index contributed by atoms with van der Waals surface area (Å²) in [7, 11) is 3.89. The van der Waals surface area contributed by atoms with E-state index in [9.17, 15) is 9.90 Å². The van der Waals surface area contributed by atoms with Gasteiger partial charge in [-0.3, -0.25) is 9.58 Å². The van der Waals surface area contributed by atoms with Crippen molar-refractivity contribution in [3.05, 3.63) is 17.5 Å². The molecule has 0 aliphatic heterocycles. The molecule has 1 aliphatic carbocycles. The monoisotopic (exact) mass is 265 g/mol. The van der Waals surface area contributed by atoms with E-state index in [1.807, 2.05) is 0 Å². The van der Waals surface area contributed by atoms with Crippen molar-refractivity contribution in [3.63, 3.8) is 0 Å². The molecule has 0 aromatic carbocycles. The minimum absolute atomic E-state index is 0.318. The number of aromatic nitrogens is 2. The molecule has 1 fully saturated rings. The summed E-state index contributed by atoms with van der Waals surface area (Å²) >= 11 is 0. The maximum atomic E-state index is 11.2. The molecule has 1 saturated carbocycles. The van der Waals surface area contributed by atoms with E-state index < -0.39 is 5.97 Å². The van der Waals surface area contributed by atoms with Gasteiger partial charge < -0.3 is 5.11 Å². The Morgan fingerprint density at radius 2 is 2.32 bits per heavy atom. The van der Waals surface area contributed by atoms with Gasteiger partial charge in [0.15, 0.2) is 0 Å². The minimum Gasteiger partial charge on any atom is -0.478 e. The predicted octanol–water partition coefficient (Wildman–Crippen LogP) is 2.13. The molecule has 2 rings (SSSR count). The highest BCUT2D eigenvalue weighted by molar-refractivity contribution is 5.88. The average Bonchev–Trinajstić information content (AvgIpc) is 2.71. The first-order valence-electron chi connectivity index (χ1n) is 6.93. The molecular weight excluding hydrogens is 242 g/mol. The first kappa shape index (κ1) is 14.1. The van der Waals surface area contributed by atoms with Crippen molar-refractivity contribution >= 4 is 5.97 Å². The van der Waals surface area contributed by atoms with Crippen molar-refractivity contribution in [2.75, 3.05) is 7.05 Å². The van der Waals surface area contributed by atoms with Crippen LogP contribution in [0.25, 0.3) is 0 Å². The van der Waals surface area contributed by atoms with Gasteiger partial charge >= 0.3 is 5.97 Å². The Hall–Kier alpha value is -1.36. The summed E-state index contributed by atoms with van der Waals surface area (Å²) in [5.41, 5.74) is 1.10. The molecule has 19 heavy (non-hydrogen) atoms. The zero-order valence-corrected chi connectivity index (χ0v) is 12.0. The number of nitrogens with zero attached hydrogens (tertiary/aromatic N) is 3. The summed E-state index contributed by atoms with van der Waals surface area (Å²) in [6.07, 6.45) is 6.44. The van der Waals surface area contributed by atoms with Crippen molar-refractivity contribution in [2.24, 2.45) is 13.0 Å². The van der Waals surface area contributed by atoms with E-state index in [0.29, 0.717) is 18.2 Å². The van der Waals surface area contributed by atoms with Crippen LogP contribution in [0.4, 0.5) is 0 Å². The van der Waals surface area contributed by atoms with Gasteiger partial charge in [0.25, 0.3) is 0 Å². The van der Waals surface area contributed by atoms with Crippen molar-refractivity contribution in [3.8, 4) is 0 Å².